The van der Waals surface area contributed by atoms with Crippen molar-refractivity contribution in [2.45, 2.75) is 12.6 Å². The summed E-state index contributed by atoms with van der Waals surface area (Å²) in [6.07, 6.45) is 0. The van der Waals surface area contributed by atoms with Crippen LogP contribution in [-0.2, 0) is 6.54 Å². The van der Waals surface area contributed by atoms with E-state index >= 15 is 0 Å². The highest BCUT2D eigenvalue weighted by Crippen LogP contribution is 2.20. The molecule has 1 aliphatic rings. The van der Waals surface area contributed by atoms with Gasteiger partial charge in [-0.25, -0.2) is 0 Å². The zero-order valence-electron chi connectivity index (χ0n) is 13.9. The number of carbonyl (C=O) groups excluding carboxylic acids is 1. The summed E-state index contributed by atoms with van der Waals surface area (Å²) in [7, 11) is 0. The number of carbonyl (C=O) groups is 1. The van der Waals surface area contributed by atoms with Crippen molar-refractivity contribution < 1.29 is 9.90 Å². The molecular formula is C20H21N3O2. The molecule has 2 atom stereocenters. The van der Waals surface area contributed by atoms with E-state index in [1.807, 2.05) is 24.3 Å². The molecule has 0 aliphatic carbocycles. The highest BCUT2D eigenvalue weighted by atomic mass is 16.3. The molecule has 2 aromatic rings. The van der Waals surface area contributed by atoms with Gasteiger partial charge in [-0.3, -0.25) is 9.69 Å². The quantitative estimate of drug-likeness (QED) is 0.873. The van der Waals surface area contributed by atoms with Crippen LogP contribution in [0, 0.1) is 17.2 Å². The Labute approximate surface area is 147 Å². The monoisotopic (exact) mass is 335 g/mol. The van der Waals surface area contributed by atoms with Crippen LogP contribution in [0.4, 0.5) is 0 Å². The summed E-state index contributed by atoms with van der Waals surface area (Å²) in [5.41, 5.74) is 2.15. The van der Waals surface area contributed by atoms with Gasteiger partial charge in [0, 0.05) is 43.8 Å². The lowest BCUT2D eigenvalue weighted by Gasteiger charge is -2.18. The maximum atomic E-state index is 12.5. The molecule has 1 fully saturated rings. The van der Waals surface area contributed by atoms with Gasteiger partial charge in [0.1, 0.15) is 0 Å². The van der Waals surface area contributed by atoms with Crippen molar-refractivity contribution in [3.05, 3.63) is 71.3 Å². The van der Waals surface area contributed by atoms with Crippen LogP contribution in [0.15, 0.2) is 54.6 Å². The van der Waals surface area contributed by atoms with Crippen LogP contribution in [0.5, 0.6) is 0 Å². The summed E-state index contributed by atoms with van der Waals surface area (Å²) in [5.74, 6) is -0.200. The first-order valence-corrected chi connectivity index (χ1v) is 8.37. The van der Waals surface area contributed by atoms with Gasteiger partial charge in [0.25, 0.3) is 5.91 Å². The van der Waals surface area contributed by atoms with Crippen LogP contribution < -0.4 is 5.32 Å². The first kappa shape index (κ1) is 17.2. The van der Waals surface area contributed by atoms with Gasteiger partial charge in [-0.15, -0.1) is 0 Å². The topological polar surface area (TPSA) is 76.4 Å². The number of aliphatic hydroxyl groups is 1. The minimum atomic E-state index is -0.206. The van der Waals surface area contributed by atoms with E-state index in [-0.39, 0.29) is 24.5 Å². The molecule has 3 rings (SSSR count). The lowest BCUT2D eigenvalue weighted by Crippen LogP contribution is -2.41. The molecule has 2 N–H and O–H groups in total. The molecule has 0 unspecified atom stereocenters. The van der Waals surface area contributed by atoms with Crippen molar-refractivity contribution in [3.63, 3.8) is 0 Å². The number of nitriles is 1. The summed E-state index contributed by atoms with van der Waals surface area (Å²) in [6.45, 7) is 2.28. The molecular weight excluding hydrogens is 314 g/mol. The van der Waals surface area contributed by atoms with Gasteiger partial charge in [-0.2, -0.15) is 5.26 Å². The summed E-state index contributed by atoms with van der Waals surface area (Å²) < 4.78 is 0. The van der Waals surface area contributed by atoms with Crippen LogP contribution in [0.1, 0.15) is 21.5 Å². The molecule has 1 amide bonds. The largest absolute Gasteiger partial charge is 0.396 e. The number of amides is 1. The smallest absolute Gasteiger partial charge is 0.251 e. The Morgan fingerprint density at radius 2 is 2.00 bits per heavy atom. The van der Waals surface area contributed by atoms with Crippen LogP contribution in [0.25, 0.3) is 0 Å². The minimum Gasteiger partial charge on any atom is -0.396 e. The predicted octanol–water partition coefficient (Wildman–Crippen LogP) is 1.78. The van der Waals surface area contributed by atoms with Crippen molar-refractivity contribution in [1.82, 2.24) is 10.2 Å². The second-order valence-electron chi connectivity index (χ2n) is 6.39. The van der Waals surface area contributed by atoms with Crippen molar-refractivity contribution in [3.8, 4) is 6.07 Å². The van der Waals surface area contributed by atoms with E-state index in [0.29, 0.717) is 17.7 Å². The maximum absolute atomic E-state index is 12.5. The number of hydrogen-bond donors (Lipinski definition) is 2. The molecule has 1 heterocycles. The zero-order valence-corrected chi connectivity index (χ0v) is 13.9. The Bertz CT molecular complexity index is 770. The summed E-state index contributed by atoms with van der Waals surface area (Å²) in [6, 6.07) is 18.8. The first-order valence-electron chi connectivity index (χ1n) is 8.37. The number of nitrogens with zero attached hydrogens (tertiary/aromatic N) is 2. The minimum absolute atomic E-state index is 0.00631. The van der Waals surface area contributed by atoms with E-state index in [2.05, 4.69) is 22.3 Å². The molecule has 5 heteroatoms. The third-order valence-electron chi connectivity index (χ3n) is 4.57. The van der Waals surface area contributed by atoms with Crippen LogP contribution in [0.3, 0.4) is 0 Å². The molecule has 25 heavy (non-hydrogen) atoms. The third-order valence-corrected chi connectivity index (χ3v) is 4.57. The number of hydrogen-bond acceptors (Lipinski definition) is 4. The Kier molecular flexibility index (Phi) is 5.44. The molecule has 1 aliphatic heterocycles. The van der Waals surface area contributed by atoms with Crippen molar-refractivity contribution in [1.29, 1.82) is 5.26 Å². The van der Waals surface area contributed by atoms with Crippen molar-refractivity contribution in [2.75, 3.05) is 19.7 Å². The highest BCUT2D eigenvalue weighted by Gasteiger charge is 2.33. The van der Waals surface area contributed by atoms with Gasteiger partial charge >= 0.3 is 0 Å². The Morgan fingerprint density at radius 1 is 1.20 bits per heavy atom. The molecule has 128 valence electrons. The van der Waals surface area contributed by atoms with Crippen molar-refractivity contribution >= 4 is 5.91 Å². The van der Waals surface area contributed by atoms with Gasteiger partial charge < -0.3 is 10.4 Å². The summed E-state index contributed by atoms with van der Waals surface area (Å²) in [5, 5.41) is 21.6. The normalized spacial score (nSPS) is 20.2. The molecule has 5 nitrogen and oxygen atoms in total. The number of rotatable bonds is 5. The van der Waals surface area contributed by atoms with E-state index in [0.717, 1.165) is 13.1 Å². The van der Waals surface area contributed by atoms with Gasteiger partial charge in [0.2, 0.25) is 0 Å². The van der Waals surface area contributed by atoms with Crippen LogP contribution in [0.2, 0.25) is 0 Å². The van der Waals surface area contributed by atoms with Gasteiger partial charge in [0.05, 0.1) is 11.6 Å². The highest BCUT2D eigenvalue weighted by molar-refractivity contribution is 5.94. The van der Waals surface area contributed by atoms with Crippen LogP contribution >= 0.6 is 0 Å². The fourth-order valence-corrected chi connectivity index (χ4v) is 3.26. The molecule has 1 saturated heterocycles. The molecule has 0 spiro atoms. The molecule has 0 radical (unpaired) electrons. The van der Waals surface area contributed by atoms with Crippen LogP contribution in [-0.4, -0.2) is 41.7 Å². The van der Waals surface area contributed by atoms with E-state index in [4.69, 9.17) is 5.26 Å². The Morgan fingerprint density at radius 3 is 2.72 bits per heavy atom. The number of aliphatic hydroxyl groups excluding tert-OH is 1. The molecule has 2 aromatic carbocycles. The average Bonchev–Trinajstić information content (AvgIpc) is 3.03. The number of likely N-dealkylation sites (tertiary alicyclic amines) is 1. The Balaban J connectivity index is 1.64. The van der Waals surface area contributed by atoms with Crippen molar-refractivity contribution in [2.24, 2.45) is 5.92 Å². The van der Waals surface area contributed by atoms with Gasteiger partial charge in [-0.05, 0) is 23.8 Å². The second kappa shape index (κ2) is 7.93. The Hall–Kier alpha value is -2.68. The third kappa shape index (κ3) is 4.24. The molecule has 0 aromatic heterocycles. The number of benzene rings is 2. The average molecular weight is 335 g/mol. The summed E-state index contributed by atoms with van der Waals surface area (Å²) >= 11 is 0. The van der Waals surface area contributed by atoms with Gasteiger partial charge in [0.15, 0.2) is 0 Å². The standard InChI is InChI=1S/C20H21N3O2/c21-10-16-7-4-8-17(9-16)20(25)22-19-13-23(12-18(19)14-24)11-15-5-2-1-3-6-15/h1-9,18-19,24H,11-14H2,(H,22,25)/t18-,19+/m0/s1. The van der Waals surface area contributed by atoms with E-state index < -0.39 is 0 Å². The lowest BCUT2D eigenvalue weighted by atomic mass is 10.0. The fraction of sp³-hybridized carbons (Fsp3) is 0.300. The van der Waals surface area contributed by atoms with E-state index in [1.54, 1.807) is 24.3 Å². The van der Waals surface area contributed by atoms with Gasteiger partial charge in [-0.1, -0.05) is 36.4 Å². The maximum Gasteiger partial charge on any atom is 0.251 e. The first-order chi connectivity index (χ1) is 12.2. The zero-order chi connectivity index (χ0) is 17.6. The predicted molar refractivity (Wildman–Crippen MR) is 94.7 cm³/mol. The number of nitrogens with one attached hydrogen (secondary N) is 1. The summed E-state index contributed by atoms with van der Waals surface area (Å²) in [4.78, 5) is 14.7. The van der Waals surface area contributed by atoms with E-state index in [9.17, 15) is 9.90 Å². The molecule has 0 saturated carbocycles. The SMILES string of the molecule is N#Cc1cccc(C(=O)N[C@@H]2CN(Cc3ccccc3)C[C@H]2CO)c1. The lowest BCUT2D eigenvalue weighted by molar-refractivity contribution is 0.0921. The second-order valence-corrected chi connectivity index (χ2v) is 6.39. The molecule has 0 bridgehead atoms. The van der Waals surface area contributed by atoms with E-state index in [1.165, 1.54) is 5.56 Å². The fourth-order valence-electron chi connectivity index (χ4n) is 3.26.